The van der Waals surface area contributed by atoms with E-state index in [-0.39, 0.29) is 6.54 Å². The number of carboxylic acid groups (broad SMARTS) is 1. The van der Waals surface area contributed by atoms with Crippen molar-refractivity contribution in [1.82, 2.24) is 10.2 Å². The van der Waals surface area contributed by atoms with Crippen molar-refractivity contribution in [3.05, 3.63) is 0 Å². The highest BCUT2D eigenvalue weighted by Crippen LogP contribution is 2.08. The molecule has 2 atom stereocenters. The summed E-state index contributed by atoms with van der Waals surface area (Å²) in [5.41, 5.74) is -0.661. The zero-order valence-electron chi connectivity index (χ0n) is 12.9. The smallest absolute Gasteiger partial charge is 0.408 e. The summed E-state index contributed by atoms with van der Waals surface area (Å²) in [4.78, 5) is 35.8. The molecule has 0 radical (unpaired) electrons. The Morgan fingerprint density at radius 3 is 2.10 bits per heavy atom. The van der Waals surface area contributed by atoms with Gasteiger partial charge in [0.2, 0.25) is 5.91 Å². The van der Waals surface area contributed by atoms with Gasteiger partial charge in [-0.15, -0.1) is 0 Å². The van der Waals surface area contributed by atoms with E-state index >= 15 is 0 Å². The number of carboxylic acids is 1. The van der Waals surface area contributed by atoms with Gasteiger partial charge in [0.25, 0.3) is 0 Å². The summed E-state index contributed by atoms with van der Waals surface area (Å²) in [6.45, 7) is 9.97. The second kappa shape index (κ2) is 7.12. The molecule has 0 aliphatic carbocycles. The Morgan fingerprint density at radius 1 is 1.25 bits per heavy atom. The van der Waals surface area contributed by atoms with Crippen molar-refractivity contribution >= 4 is 18.0 Å². The number of carbonyl (C=O) groups excluding carboxylic acids is 2. The molecule has 7 nitrogen and oxygen atoms in total. The number of carbonyl (C=O) groups is 3. The average Bonchev–Trinajstić information content (AvgIpc) is 2.26. The fourth-order valence-corrected chi connectivity index (χ4v) is 1.55. The van der Waals surface area contributed by atoms with Gasteiger partial charge in [-0.25, -0.2) is 9.59 Å². The maximum atomic E-state index is 12.1. The molecular formula is C13H24N2O5. The van der Waals surface area contributed by atoms with Gasteiger partial charge in [0.15, 0.2) is 0 Å². The maximum absolute atomic E-state index is 12.1. The van der Waals surface area contributed by atoms with Crippen LogP contribution >= 0.6 is 0 Å². The zero-order chi connectivity index (χ0) is 16.1. The second-order valence-electron chi connectivity index (χ2n) is 5.51. The lowest BCUT2D eigenvalue weighted by Gasteiger charge is -2.28. The van der Waals surface area contributed by atoms with E-state index in [0.29, 0.717) is 0 Å². The van der Waals surface area contributed by atoms with E-state index in [1.54, 1.807) is 27.7 Å². The van der Waals surface area contributed by atoms with Gasteiger partial charge < -0.3 is 20.1 Å². The number of hydrogen-bond donors (Lipinski definition) is 2. The van der Waals surface area contributed by atoms with Crippen LogP contribution in [0.5, 0.6) is 0 Å². The predicted octanol–water partition coefficient (Wildman–Crippen LogP) is 1.22. The Hall–Kier alpha value is -1.79. The van der Waals surface area contributed by atoms with Gasteiger partial charge in [0, 0.05) is 6.54 Å². The molecule has 0 saturated carbocycles. The first-order valence-corrected chi connectivity index (χ1v) is 6.52. The van der Waals surface area contributed by atoms with Gasteiger partial charge >= 0.3 is 12.1 Å². The monoisotopic (exact) mass is 288 g/mol. The Kier molecular flexibility index (Phi) is 6.48. The minimum Gasteiger partial charge on any atom is -0.480 e. The van der Waals surface area contributed by atoms with E-state index in [9.17, 15) is 14.4 Å². The molecule has 0 aromatic rings. The van der Waals surface area contributed by atoms with Gasteiger partial charge in [-0.1, -0.05) is 0 Å². The Bertz CT molecular complexity index is 375. The molecule has 0 spiro atoms. The molecule has 0 rings (SSSR count). The van der Waals surface area contributed by atoms with Crippen LogP contribution in [0, 0.1) is 0 Å². The number of rotatable bonds is 5. The van der Waals surface area contributed by atoms with Crippen LogP contribution in [0.2, 0.25) is 0 Å². The molecule has 0 aromatic heterocycles. The molecule has 0 fully saturated rings. The van der Waals surface area contributed by atoms with Crippen molar-refractivity contribution in [3.63, 3.8) is 0 Å². The van der Waals surface area contributed by atoms with E-state index < -0.39 is 35.7 Å². The molecule has 2 amide bonds. The summed E-state index contributed by atoms with van der Waals surface area (Å²) in [6.07, 6.45) is -0.711. The summed E-state index contributed by atoms with van der Waals surface area (Å²) in [5.74, 6) is -1.56. The molecule has 0 aromatic carbocycles. The number of ether oxygens (including phenoxy) is 1. The molecule has 0 aliphatic heterocycles. The van der Waals surface area contributed by atoms with E-state index in [0.717, 1.165) is 0 Å². The third-order valence-corrected chi connectivity index (χ3v) is 2.55. The Balaban J connectivity index is 4.68. The number of hydrogen-bond acceptors (Lipinski definition) is 4. The molecule has 20 heavy (non-hydrogen) atoms. The van der Waals surface area contributed by atoms with E-state index in [2.05, 4.69) is 5.32 Å². The topological polar surface area (TPSA) is 95.9 Å². The highest BCUT2D eigenvalue weighted by molar-refractivity contribution is 5.88. The van der Waals surface area contributed by atoms with Gasteiger partial charge in [0.1, 0.15) is 17.7 Å². The standard InChI is InChI=1S/C13H24N2O5/c1-7-15(9(3)11(17)18)10(16)8(2)14-12(19)20-13(4,5)6/h8-9H,7H2,1-6H3,(H,14,19)(H,17,18)/t8-,9-/m0/s1. The van der Waals surface area contributed by atoms with Gasteiger partial charge in [-0.3, -0.25) is 4.79 Å². The van der Waals surface area contributed by atoms with Gasteiger partial charge in [0.05, 0.1) is 0 Å². The number of alkyl carbamates (subject to hydrolysis) is 1. The van der Waals surface area contributed by atoms with Crippen LogP contribution in [-0.4, -0.2) is 52.2 Å². The second-order valence-corrected chi connectivity index (χ2v) is 5.51. The van der Waals surface area contributed by atoms with Crippen molar-refractivity contribution in [2.45, 2.75) is 59.2 Å². The fraction of sp³-hybridized carbons (Fsp3) is 0.769. The molecular weight excluding hydrogens is 264 g/mol. The van der Waals surface area contributed by atoms with Crippen molar-refractivity contribution < 1.29 is 24.2 Å². The van der Waals surface area contributed by atoms with Crippen molar-refractivity contribution in [3.8, 4) is 0 Å². The first-order chi connectivity index (χ1) is 8.99. The molecule has 2 N–H and O–H groups in total. The van der Waals surface area contributed by atoms with Crippen LogP contribution in [0.4, 0.5) is 4.79 Å². The normalized spacial score (nSPS) is 14.1. The number of likely N-dealkylation sites (N-methyl/N-ethyl adjacent to an activating group) is 1. The molecule has 7 heteroatoms. The minimum atomic E-state index is -1.09. The largest absolute Gasteiger partial charge is 0.480 e. The predicted molar refractivity (Wildman–Crippen MR) is 73.3 cm³/mol. The Labute approximate surface area is 119 Å². The van der Waals surface area contributed by atoms with Crippen LogP contribution in [0.15, 0.2) is 0 Å². The lowest BCUT2D eigenvalue weighted by atomic mass is 10.2. The first kappa shape index (κ1) is 18.2. The van der Waals surface area contributed by atoms with Crippen LogP contribution in [-0.2, 0) is 14.3 Å². The summed E-state index contributed by atoms with van der Waals surface area (Å²) in [6, 6.07) is -1.80. The van der Waals surface area contributed by atoms with E-state index in [4.69, 9.17) is 9.84 Å². The molecule has 0 bridgehead atoms. The third kappa shape index (κ3) is 5.90. The Morgan fingerprint density at radius 2 is 1.75 bits per heavy atom. The third-order valence-electron chi connectivity index (χ3n) is 2.55. The van der Waals surface area contributed by atoms with E-state index in [1.807, 2.05) is 0 Å². The number of amides is 2. The summed E-state index contributed by atoms with van der Waals surface area (Å²) in [7, 11) is 0. The van der Waals surface area contributed by atoms with Crippen LogP contribution in [0.25, 0.3) is 0 Å². The van der Waals surface area contributed by atoms with Crippen molar-refractivity contribution in [1.29, 1.82) is 0 Å². The van der Waals surface area contributed by atoms with Crippen LogP contribution < -0.4 is 5.32 Å². The summed E-state index contributed by atoms with van der Waals surface area (Å²) in [5, 5.41) is 11.3. The molecule has 0 unspecified atom stereocenters. The summed E-state index contributed by atoms with van der Waals surface area (Å²) >= 11 is 0. The fourth-order valence-electron chi connectivity index (χ4n) is 1.55. The van der Waals surface area contributed by atoms with E-state index in [1.165, 1.54) is 18.7 Å². The van der Waals surface area contributed by atoms with Crippen molar-refractivity contribution in [2.75, 3.05) is 6.54 Å². The number of nitrogens with zero attached hydrogens (tertiary/aromatic N) is 1. The molecule has 0 heterocycles. The van der Waals surface area contributed by atoms with Crippen LogP contribution in [0.1, 0.15) is 41.5 Å². The average molecular weight is 288 g/mol. The summed E-state index contributed by atoms with van der Waals surface area (Å²) < 4.78 is 5.04. The highest BCUT2D eigenvalue weighted by Gasteiger charge is 2.29. The minimum absolute atomic E-state index is 0.243. The number of aliphatic carboxylic acids is 1. The molecule has 0 saturated heterocycles. The lowest BCUT2D eigenvalue weighted by molar-refractivity contribution is -0.149. The van der Waals surface area contributed by atoms with Gasteiger partial charge in [-0.05, 0) is 41.5 Å². The SMILES string of the molecule is CCN(C(=O)[C@H](C)NC(=O)OC(C)(C)C)[C@@H](C)C(=O)O. The maximum Gasteiger partial charge on any atom is 0.408 e. The number of nitrogens with one attached hydrogen (secondary N) is 1. The van der Waals surface area contributed by atoms with Gasteiger partial charge in [-0.2, -0.15) is 0 Å². The molecule has 116 valence electrons. The van der Waals surface area contributed by atoms with Crippen LogP contribution in [0.3, 0.4) is 0 Å². The zero-order valence-corrected chi connectivity index (χ0v) is 12.9. The quantitative estimate of drug-likeness (QED) is 0.793. The van der Waals surface area contributed by atoms with Crippen molar-refractivity contribution in [2.24, 2.45) is 0 Å². The molecule has 0 aliphatic rings. The highest BCUT2D eigenvalue weighted by atomic mass is 16.6. The lowest BCUT2D eigenvalue weighted by Crippen LogP contribution is -2.52. The first-order valence-electron chi connectivity index (χ1n) is 6.52.